The SMILES string of the molecule is CCc1cccc(CC)c1-n1ccnc1SCC(=O)Nc1nccs1. The van der Waals surface area contributed by atoms with Gasteiger partial charge >= 0.3 is 0 Å². The summed E-state index contributed by atoms with van der Waals surface area (Å²) in [4.78, 5) is 20.6. The van der Waals surface area contributed by atoms with Gasteiger partial charge in [0.1, 0.15) is 0 Å². The summed E-state index contributed by atoms with van der Waals surface area (Å²) in [5, 5.41) is 6.08. The number of thiazole rings is 1. The molecule has 0 fully saturated rings. The molecule has 1 N–H and O–H groups in total. The number of carbonyl (C=O) groups excluding carboxylic acids is 1. The van der Waals surface area contributed by atoms with Crippen molar-refractivity contribution in [3.8, 4) is 5.69 Å². The Labute approximate surface area is 155 Å². The Hall–Kier alpha value is -2.12. The largest absolute Gasteiger partial charge is 0.301 e. The van der Waals surface area contributed by atoms with Gasteiger partial charge in [0, 0.05) is 24.0 Å². The van der Waals surface area contributed by atoms with E-state index in [1.54, 1.807) is 12.4 Å². The van der Waals surface area contributed by atoms with Crippen LogP contribution in [0.2, 0.25) is 0 Å². The number of hydrogen-bond donors (Lipinski definition) is 1. The van der Waals surface area contributed by atoms with Gasteiger partial charge in [0.15, 0.2) is 10.3 Å². The average molecular weight is 373 g/mol. The van der Waals surface area contributed by atoms with Crippen LogP contribution in [0.15, 0.2) is 47.3 Å². The normalized spacial score (nSPS) is 10.8. The van der Waals surface area contributed by atoms with Gasteiger partial charge in [0.05, 0.1) is 11.4 Å². The molecule has 0 atom stereocenters. The lowest BCUT2D eigenvalue weighted by Gasteiger charge is -2.16. The zero-order valence-corrected chi connectivity index (χ0v) is 15.9. The van der Waals surface area contributed by atoms with Crippen LogP contribution in [0, 0.1) is 0 Å². The average Bonchev–Trinajstić information content (AvgIpc) is 3.30. The first-order chi connectivity index (χ1) is 12.2. The predicted octanol–water partition coefficient (Wildman–Crippen LogP) is 4.18. The smallest absolute Gasteiger partial charge is 0.236 e. The molecular weight excluding hydrogens is 352 g/mol. The molecule has 1 aromatic carbocycles. The minimum Gasteiger partial charge on any atom is -0.301 e. The van der Waals surface area contributed by atoms with Crippen molar-refractivity contribution in [1.82, 2.24) is 14.5 Å². The molecule has 0 saturated heterocycles. The Kier molecular flexibility index (Phi) is 5.88. The standard InChI is InChI=1S/C18H20N4OS2/c1-3-13-6-5-7-14(4-2)16(13)22-10-8-20-18(22)25-12-15(23)21-17-19-9-11-24-17/h5-11H,3-4,12H2,1-2H3,(H,19,21,23). The van der Waals surface area contributed by atoms with Gasteiger partial charge in [0.2, 0.25) is 5.91 Å². The van der Waals surface area contributed by atoms with Crippen molar-refractivity contribution in [2.45, 2.75) is 31.8 Å². The van der Waals surface area contributed by atoms with Crippen molar-refractivity contribution >= 4 is 34.1 Å². The van der Waals surface area contributed by atoms with Crippen molar-refractivity contribution in [1.29, 1.82) is 0 Å². The number of imidazole rings is 1. The highest BCUT2D eigenvalue weighted by molar-refractivity contribution is 7.99. The van der Waals surface area contributed by atoms with Gasteiger partial charge in [-0.15, -0.1) is 11.3 Å². The molecule has 3 rings (SSSR count). The van der Waals surface area contributed by atoms with Crippen LogP contribution in [0.25, 0.3) is 5.69 Å². The number of para-hydroxylation sites is 1. The third-order valence-electron chi connectivity index (χ3n) is 3.82. The van der Waals surface area contributed by atoms with Crippen LogP contribution < -0.4 is 5.32 Å². The molecule has 1 amide bonds. The fourth-order valence-electron chi connectivity index (χ4n) is 2.66. The molecule has 5 nitrogen and oxygen atoms in total. The van der Waals surface area contributed by atoms with E-state index in [9.17, 15) is 4.79 Å². The van der Waals surface area contributed by atoms with Crippen molar-refractivity contribution < 1.29 is 4.79 Å². The van der Waals surface area contributed by atoms with Crippen LogP contribution >= 0.6 is 23.1 Å². The summed E-state index contributed by atoms with van der Waals surface area (Å²) in [6.07, 6.45) is 7.34. The molecule has 0 aliphatic carbocycles. The van der Waals surface area contributed by atoms with Gasteiger partial charge in [-0.3, -0.25) is 9.36 Å². The molecule has 0 spiro atoms. The third kappa shape index (κ3) is 4.11. The lowest BCUT2D eigenvalue weighted by Crippen LogP contribution is -2.14. The highest BCUT2D eigenvalue weighted by Gasteiger charge is 2.14. The van der Waals surface area contributed by atoms with E-state index in [-0.39, 0.29) is 5.91 Å². The van der Waals surface area contributed by atoms with Gasteiger partial charge in [-0.05, 0) is 24.0 Å². The molecule has 130 valence electrons. The first kappa shape index (κ1) is 17.7. The molecule has 25 heavy (non-hydrogen) atoms. The molecule has 0 saturated carbocycles. The van der Waals surface area contributed by atoms with Crippen LogP contribution in [-0.4, -0.2) is 26.2 Å². The first-order valence-electron chi connectivity index (χ1n) is 8.19. The zero-order valence-electron chi connectivity index (χ0n) is 14.2. The molecule has 0 aliphatic rings. The number of nitrogens with one attached hydrogen (secondary N) is 1. The van der Waals surface area contributed by atoms with Crippen molar-refractivity contribution in [3.05, 3.63) is 53.3 Å². The van der Waals surface area contributed by atoms with Crippen LogP contribution in [0.5, 0.6) is 0 Å². The lowest BCUT2D eigenvalue weighted by molar-refractivity contribution is -0.113. The van der Waals surface area contributed by atoms with Crippen molar-refractivity contribution in [2.24, 2.45) is 0 Å². The fourth-order valence-corrected chi connectivity index (χ4v) is 3.97. The summed E-state index contributed by atoms with van der Waals surface area (Å²) in [5.41, 5.74) is 3.76. The Morgan fingerprint density at radius 2 is 1.96 bits per heavy atom. The molecule has 7 heteroatoms. The summed E-state index contributed by atoms with van der Waals surface area (Å²) < 4.78 is 2.10. The number of thioether (sulfide) groups is 1. The van der Waals surface area contributed by atoms with Gasteiger partial charge in [-0.2, -0.15) is 0 Å². The molecular formula is C18H20N4OS2. The molecule has 2 aromatic heterocycles. The van der Waals surface area contributed by atoms with Crippen molar-refractivity contribution in [2.75, 3.05) is 11.1 Å². The number of aromatic nitrogens is 3. The molecule has 0 aliphatic heterocycles. The minimum atomic E-state index is -0.0750. The predicted molar refractivity (Wildman–Crippen MR) is 104 cm³/mol. The van der Waals surface area contributed by atoms with Gasteiger partial charge in [-0.25, -0.2) is 9.97 Å². The Morgan fingerprint density at radius 1 is 1.20 bits per heavy atom. The highest BCUT2D eigenvalue weighted by Crippen LogP contribution is 2.27. The van der Waals surface area contributed by atoms with E-state index < -0.39 is 0 Å². The van der Waals surface area contributed by atoms with E-state index in [0.29, 0.717) is 10.9 Å². The van der Waals surface area contributed by atoms with Crippen LogP contribution in [0.4, 0.5) is 5.13 Å². The van der Waals surface area contributed by atoms with Crippen LogP contribution in [-0.2, 0) is 17.6 Å². The van der Waals surface area contributed by atoms with Gasteiger partial charge in [-0.1, -0.05) is 43.8 Å². The quantitative estimate of drug-likeness (QED) is 0.632. The summed E-state index contributed by atoms with van der Waals surface area (Å²) >= 11 is 2.84. The topological polar surface area (TPSA) is 59.8 Å². The number of aryl methyl sites for hydroxylation is 2. The first-order valence-corrected chi connectivity index (χ1v) is 10.1. The zero-order chi connectivity index (χ0) is 17.6. The maximum absolute atomic E-state index is 12.1. The maximum atomic E-state index is 12.1. The Bertz CT molecular complexity index is 820. The number of nitrogens with zero attached hydrogens (tertiary/aromatic N) is 3. The lowest BCUT2D eigenvalue weighted by atomic mass is 10.0. The second-order valence-electron chi connectivity index (χ2n) is 5.39. The summed E-state index contributed by atoms with van der Waals surface area (Å²) in [7, 11) is 0. The fraction of sp³-hybridized carbons (Fsp3) is 0.278. The summed E-state index contributed by atoms with van der Waals surface area (Å²) in [6, 6.07) is 6.41. The maximum Gasteiger partial charge on any atom is 0.236 e. The van der Waals surface area contributed by atoms with E-state index in [2.05, 4.69) is 51.9 Å². The van der Waals surface area contributed by atoms with E-state index in [1.165, 1.54) is 39.9 Å². The van der Waals surface area contributed by atoms with Gasteiger partial charge in [0.25, 0.3) is 0 Å². The summed E-state index contributed by atoms with van der Waals surface area (Å²) in [6.45, 7) is 4.31. The second-order valence-corrected chi connectivity index (χ2v) is 7.22. The van der Waals surface area contributed by atoms with Crippen molar-refractivity contribution in [3.63, 3.8) is 0 Å². The number of anilines is 1. The molecule has 2 heterocycles. The monoisotopic (exact) mass is 372 g/mol. The van der Waals surface area contributed by atoms with E-state index in [0.717, 1.165) is 18.0 Å². The number of carbonyl (C=O) groups is 1. The number of benzene rings is 1. The Morgan fingerprint density at radius 3 is 2.60 bits per heavy atom. The van der Waals surface area contributed by atoms with E-state index in [1.807, 2.05) is 11.6 Å². The molecule has 0 bridgehead atoms. The summed E-state index contributed by atoms with van der Waals surface area (Å²) in [5.74, 6) is 0.223. The minimum absolute atomic E-state index is 0.0750. The molecule has 0 radical (unpaired) electrons. The van der Waals surface area contributed by atoms with Gasteiger partial charge < -0.3 is 5.32 Å². The number of hydrogen-bond acceptors (Lipinski definition) is 5. The van der Waals surface area contributed by atoms with Crippen LogP contribution in [0.1, 0.15) is 25.0 Å². The second kappa shape index (κ2) is 8.31. The molecule has 0 unspecified atom stereocenters. The highest BCUT2D eigenvalue weighted by atomic mass is 32.2. The Balaban J connectivity index is 1.78. The van der Waals surface area contributed by atoms with E-state index in [4.69, 9.17) is 0 Å². The van der Waals surface area contributed by atoms with Crippen LogP contribution in [0.3, 0.4) is 0 Å². The number of rotatable bonds is 7. The third-order valence-corrected chi connectivity index (χ3v) is 5.48. The molecule has 3 aromatic rings. The number of amides is 1. The van der Waals surface area contributed by atoms with E-state index >= 15 is 0 Å².